The summed E-state index contributed by atoms with van der Waals surface area (Å²) in [6, 6.07) is 4.40. The van der Waals surface area contributed by atoms with E-state index < -0.39 is 0 Å². The summed E-state index contributed by atoms with van der Waals surface area (Å²) in [7, 11) is 0. The molecular formula is C13H13FN2O2S. The fraction of sp³-hybridized carbons (Fsp3) is 0.308. The van der Waals surface area contributed by atoms with Gasteiger partial charge in [0.1, 0.15) is 10.7 Å². The number of halogens is 1. The molecule has 0 saturated carbocycles. The number of amides is 1. The fourth-order valence-electron chi connectivity index (χ4n) is 2.16. The van der Waals surface area contributed by atoms with Crippen LogP contribution < -0.4 is 11.1 Å². The number of ether oxygens (including phenoxy) is 1. The predicted molar refractivity (Wildman–Crippen MR) is 72.9 cm³/mol. The topological polar surface area (TPSA) is 64.4 Å². The molecule has 3 rings (SSSR count). The minimum absolute atomic E-state index is 0.0360. The molecule has 0 bridgehead atoms. The molecule has 1 aliphatic heterocycles. The number of rotatable bonds is 2. The van der Waals surface area contributed by atoms with E-state index in [2.05, 4.69) is 5.32 Å². The number of benzene rings is 1. The van der Waals surface area contributed by atoms with Gasteiger partial charge in [-0.3, -0.25) is 4.79 Å². The molecule has 3 N–H and O–H groups in total. The van der Waals surface area contributed by atoms with Crippen molar-refractivity contribution in [1.29, 1.82) is 0 Å². The highest BCUT2D eigenvalue weighted by Crippen LogP contribution is 2.34. The van der Waals surface area contributed by atoms with E-state index in [4.69, 9.17) is 10.5 Å². The van der Waals surface area contributed by atoms with E-state index in [0.29, 0.717) is 29.2 Å². The van der Waals surface area contributed by atoms with Gasteiger partial charge in [0.15, 0.2) is 0 Å². The molecule has 0 spiro atoms. The number of nitrogen functional groups attached to an aromatic ring is 1. The third kappa shape index (κ3) is 2.29. The van der Waals surface area contributed by atoms with Crippen molar-refractivity contribution in [3.05, 3.63) is 28.9 Å². The molecule has 1 fully saturated rings. The molecule has 6 heteroatoms. The predicted octanol–water partition coefficient (Wildman–Crippen LogP) is 2.14. The summed E-state index contributed by atoms with van der Waals surface area (Å²) in [6.45, 7) is 1.20. The summed E-state index contributed by atoms with van der Waals surface area (Å²) in [5.41, 5.74) is 6.28. The van der Waals surface area contributed by atoms with Crippen LogP contribution in [0.1, 0.15) is 16.1 Å². The average Bonchev–Trinajstić information content (AvgIpc) is 2.98. The number of fused-ring (bicyclic) bond motifs is 1. The number of nitrogens with two attached hydrogens (primary N) is 1. The van der Waals surface area contributed by atoms with Gasteiger partial charge in [-0.05, 0) is 24.6 Å². The van der Waals surface area contributed by atoms with Crippen LogP contribution in [-0.2, 0) is 4.74 Å². The summed E-state index contributed by atoms with van der Waals surface area (Å²) in [6.07, 6.45) is 0.811. The largest absolute Gasteiger partial charge is 0.397 e. The summed E-state index contributed by atoms with van der Waals surface area (Å²) >= 11 is 1.28. The minimum Gasteiger partial charge on any atom is -0.397 e. The molecule has 2 aromatic rings. The molecule has 0 radical (unpaired) electrons. The molecule has 1 unspecified atom stereocenters. The Morgan fingerprint density at radius 1 is 1.53 bits per heavy atom. The van der Waals surface area contributed by atoms with Crippen LogP contribution in [-0.4, -0.2) is 25.2 Å². The zero-order chi connectivity index (χ0) is 13.4. The van der Waals surface area contributed by atoms with E-state index in [1.165, 1.54) is 23.5 Å². The zero-order valence-corrected chi connectivity index (χ0v) is 10.9. The first kappa shape index (κ1) is 12.4. The van der Waals surface area contributed by atoms with Gasteiger partial charge in [-0.2, -0.15) is 0 Å². The lowest BCUT2D eigenvalue weighted by atomic mass is 10.2. The van der Waals surface area contributed by atoms with Crippen LogP contribution in [0.4, 0.5) is 10.1 Å². The van der Waals surface area contributed by atoms with Crippen molar-refractivity contribution in [2.24, 2.45) is 0 Å². The van der Waals surface area contributed by atoms with Gasteiger partial charge < -0.3 is 15.8 Å². The number of hydrogen-bond donors (Lipinski definition) is 2. The lowest BCUT2D eigenvalue weighted by Crippen LogP contribution is -2.34. The van der Waals surface area contributed by atoms with Crippen LogP contribution in [0.5, 0.6) is 0 Å². The summed E-state index contributed by atoms with van der Waals surface area (Å²) < 4.78 is 19.2. The van der Waals surface area contributed by atoms with Gasteiger partial charge in [-0.1, -0.05) is 0 Å². The Hall–Kier alpha value is -1.66. The average molecular weight is 280 g/mol. The lowest BCUT2D eigenvalue weighted by Gasteiger charge is -2.09. The van der Waals surface area contributed by atoms with Crippen molar-refractivity contribution in [3.63, 3.8) is 0 Å². The smallest absolute Gasteiger partial charge is 0.263 e. The first-order valence-electron chi connectivity index (χ1n) is 6.01. The Labute approximate surface area is 113 Å². The number of carbonyl (C=O) groups excluding carboxylic acids is 1. The van der Waals surface area contributed by atoms with Gasteiger partial charge in [0.25, 0.3) is 5.91 Å². The van der Waals surface area contributed by atoms with Gasteiger partial charge >= 0.3 is 0 Å². The number of carbonyl (C=O) groups is 1. The SMILES string of the molecule is Nc1c(C(=O)NC2CCOC2)sc2ccc(F)cc12. The van der Waals surface area contributed by atoms with Gasteiger partial charge in [0, 0.05) is 16.7 Å². The van der Waals surface area contributed by atoms with E-state index in [9.17, 15) is 9.18 Å². The van der Waals surface area contributed by atoms with Crippen molar-refractivity contribution in [2.75, 3.05) is 18.9 Å². The standard InChI is InChI=1S/C13H13FN2O2S/c14-7-1-2-10-9(5-7)11(15)12(19-10)13(17)16-8-3-4-18-6-8/h1-2,5,8H,3-4,6,15H2,(H,16,17). The second kappa shape index (κ2) is 4.79. The van der Waals surface area contributed by atoms with Crippen LogP contribution in [0.2, 0.25) is 0 Å². The number of nitrogens with one attached hydrogen (secondary N) is 1. The number of anilines is 1. The van der Waals surface area contributed by atoms with E-state index in [-0.39, 0.29) is 17.8 Å². The van der Waals surface area contributed by atoms with Crippen LogP contribution in [0, 0.1) is 5.82 Å². The Balaban J connectivity index is 1.91. The molecule has 1 aliphatic rings. The van der Waals surface area contributed by atoms with Crippen LogP contribution in [0.15, 0.2) is 18.2 Å². The minimum atomic E-state index is -0.354. The van der Waals surface area contributed by atoms with Gasteiger partial charge in [-0.15, -0.1) is 11.3 Å². The van der Waals surface area contributed by atoms with E-state index in [1.54, 1.807) is 6.07 Å². The second-order valence-corrected chi connectivity index (χ2v) is 5.57. The molecule has 1 amide bonds. The van der Waals surface area contributed by atoms with Crippen LogP contribution >= 0.6 is 11.3 Å². The maximum Gasteiger partial charge on any atom is 0.263 e. The van der Waals surface area contributed by atoms with E-state index in [0.717, 1.165) is 11.1 Å². The molecule has 1 aromatic heterocycles. The highest BCUT2D eigenvalue weighted by Gasteiger charge is 2.22. The number of hydrogen-bond acceptors (Lipinski definition) is 4. The van der Waals surface area contributed by atoms with Crippen molar-refractivity contribution in [2.45, 2.75) is 12.5 Å². The quantitative estimate of drug-likeness (QED) is 0.886. The van der Waals surface area contributed by atoms with Gasteiger partial charge in [0.2, 0.25) is 0 Å². The van der Waals surface area contributed by atoms with Crippen LogP contribution in [0.25, 0.3) is 10.1 Å². The summed E-state index contributed by atoms with van der Waals surface area (Å²) in [5.74, 6) is -0.567. The summed E-state index contributed by atoms with van der Waals surface area (Å²) in [4.78, 5) is 12.6. The Morgan fingerprint density at radius 3 is 3.11 bits per heavy atom. The first-order chi connectivity index (χ1) is 9.15. The van der Waals surface area contributed by atoms with Crippen molar-refractivity contribution < 1.29 is 13.9 Å². The second-order valence-electron chi connectivity index (χ2n) is 4.52. The van der Waals surface area contributed by atoms with E-state index in [1.807, 2.05) is 0 Å². The zero-order valence-electron chi connectivity index (χ0n) is 10.1. The van der Waals surface area contributed by atoms with Crippen LogP contribution in [0.3, 0.4) is 0 Å². The van der Waals surface area contributed by atoms with Crippen molar-refractivity contribution in [3.8, 4) is 0 Å². The molecule has 4 nitrogen and oxygen atoms in total. The molecule has 1 atom stereocenters. The molecule has 100 valence electrons. The lowest BCUT2D eigenvalue weighted by molar-refractivity contribution is 0.0935. The maximum atomic E-state index is 13.2. The Bertz CT molecular complexity index is 635. The maximum absolute atomic E-state index is 13.2. The molecule has 1 saturated heterocycles. The van der Waals surface area contributed by atoms with Crippen molar-refractivity contribution >= 4 is 33.0 Å². The third-order valence-electron chi connectivity index (χ3n) is 3.16. The first-order valence-corrected chi connectivity index (χ1v) is 6.83. The highest BCUT2D eigenvalue weighted by molar-refractivity contribution is 7.21. The van der Waals surface area contributed by atoms with Gasteiger partial charge in [-0.25, -0.2) is 4.39 Å². The fourth-order valence-corrected chi connectivity index (χ4v) is 3.16. The molecule has 1 aromatic carbocycles. The molecule has 0 aliphatic carbocycles. The Kier molecular flexibility index (Phi) is 3.12. The third-order valence-corrected chi connectivity index (χ3v) is 4.34. The Morgan fingerprint density at radius 2 is 2.37 bits per heavy atom. The van der Waals surface area contributed by atoms with Crippen molar-refractivity contribution in [1.82, 2.24) is 5.32 Å². The summed E-state index contributed by atoms with van der Waals surface area (Å²) in [5, 5.41) is 3.48. The number of thiophene rings is 1. The molecular weight excluding hydrogens is 267 g/mol. The molecule has 2 heterocycles. The van der Waals surface area contributed by atoms with E-state index >= 15 is 0 Å². The normalized spacial score (nSPS) is 18.9. The molecule has 19 heavy (non-hydrogen) atoms. The van der Waals surface area contributed by atoms with Gasteiger partial charge in [0.05, 0.1) is 18.3 Å². The monoisotopic (exact) mass is 280 g/mol. The highest BCUT2D eigenvalue weighted by atomic mass is 32.1.